The SMILES string of the molecule is CCCCCCCC/C=C\CCCCCC(=O)OC1C(OCC(NC(=O)C(O)CCCCCCCCCCCCCC)C(O)/C=C/CCCCCCCCCCCC)OC(CO)C(O)C1O. The predicted octanol–water partition coefficient (Wildman–Crippen LogP) is 11.8. The van der Waals surface area contributed by atoms with Crippen LogP contribution in [0.15, 0.2) is 24.3 Å². The van der Waals surface area contributed by atoms with Crippen molar-refractivity contribution >= 4 is 11.9 Å². The van der Waals surface area contributed by atoms with Crippen molar-refractivity contribution in [2.24, 2.45) is 0 Å². The molecule has 0 aromatic carbocycles. The molecule has 1 fully saturated rings. The first-order valence-electron chi connectivity index (χ1n) is 27.6. The fraction of sp³-hybridized carbons (Fsp3) is 0.891. The number of hydrogen-bond donors (Lipinski definition) is 6. The number of carbonyl (C=O) groups is 2. The van der Waals surface area contributed by atoms with Gasteiger partial charge in [0, 0.05) is 6.42 Å². The molecule has 1 aliphatic heterocycles. The van der Waals surface area contributed by atoms with E-state index in [0.29, 0.717) is 19.3 Å². The van der Waals surface area contributed by atoms with Gasteiger partial charge in [0.25, 0.3) is 0 Å². The van der Waals surface area contributed by atoms with Crippen LogP contribution in [0.3, 0.4) is 0 Å². The molecule has 0 radical (unpaired) electrons. The van der Waals surface area contributed by atoms with E-state index in [1.54, 1.807) is 6.08 Å². The average molecular weight is 938 g/mol. The number of aliphatic hydroxyl groups excluding tert-OH is 5. The van der Waals surface area contributed by atoms with Crippen LogP contribution >= 0.6 is 0 Å². The third-order valence-corrected chi connectivity index (χ3v) is 13.1. The lowest BCUT2D eigenvalue weighted by Crippen LogP contribution is -2.61. The minimum atomic E-state index is -1.61. The zero-order valence-electron chi connectivity index (χ0n) is 42.6. The second-order valence-corrected chi connectivity index (χ2v) is 19.3. The Morgan fingerprint density at radius 2 is 1.00 bits per heavy atom. The molecule has 1 aliphatic rings. The first-order valence-corrected chi connectivity index (χ1v) is 27.6. The van der Waals surface area contributed by atoms with Crippen LogP contribution in [0.25, 0.3) is 0 Å². The number of aliphatic hydroxyl groups is 5. The third kappa shape index (κ3) is 32.8. The molecule has 0 aromatic heterocycles. The van der Waals surface area contributed by atoms with Crippen molar-refractivity contribution < 1.29 is 49.3 Å². The van der Waals surface area contributed by atoms with Crippen molar-refractivity contribution in [3.63, 3.8) is 0 Å². The van der Waals surface area contributed by atoms with E-state index in [4.69, 9.17) is 14.2 Å². The monoisotopic (exact) mass is 938 g/mol. The van der Waals surface area contributed by atoms with Crippen molar-refractivity contribution in [2.75, 3.05) is 13.2 Å². The molecule has 11 nitrogen and oxygen atoms in total. The molecule has 0 aliphatic carbocycles. The molecule has 6 N–H and O–H groups in total. The first-order chi connectivity index (χ1) is 32.2. The minimum absolute atomic E-state index is 0.106. The fourth-order valence-corrected chi connectivity index (χ4v) is 8.65. The van der Waals surface area contributed by atoms with Gasteiger partial charge in [0.15, 0.2) is 12.4 Å². The lowest BCUT2D eigenvalue weighted by Gasteiger charge is -2.41. The van der Waals surface area contributed by atoms with Crippen molar-refractivity contribution in [2.45, 2.75) is 301 Å². The van der Waals surface area contributed by atoms with Crippen molar-refractivity contribution in [1.29, 1.82) is 0 Å². The highest BCUT2D eigenvalue weighted by Crippen LogP contribution is 2.26. The normalized spacial score (nSPS) is 20.3. The zero-order chi connectivity index (χ0) is 48.3. The lowest BCUT2D eigenvalue weighted by molar-refractivity contribution is -0.305. The Bertz CT molecular complexity index is 1170. The summed E-state index contributed by atoms with van der Waals surface area (Å²) in [5, 5.41) is 56.6. The molecule has 8 atom stereocenters. The third-order valence-electron chi connectivity index (χ3n) is 13.1. The molecule has 0 spiro atoms. The molecule has 0 aromatic rings. The summed E-state index contributed by atoms with van der Waals surface area (Å²) in [6.45, 7) is 5.75. The number of unbranched alkanes of at least 4 members (excludes halogenated alkanes) is 30. The van der Waals surface area contributed by atoms with Gasteiger partial charge in [-0.2, -0.15) is 0 Å². The maximum atomic E-state index is 13.3. The van der Waals surface area contributed by atoms with Crippen LogP contribution in [-0.4, -0.2) is 99.6 Å². The summed E-state index contributed by atoms with van der Waals surface area (Å²) in [6, 6.07) is -1.02. The average Bonchev–Trinajstić information content (AvgIpc) is 3.31. The molecule has 1 amide bonds. The predicted molar refractivity (Wildman–Crippen MR) is 269 cm³/mol. The maximum Gasteiger partial charge on any atom is 0.306 e. The Balaban J connectivity index is 2.77. The Labute approximate surface area is 403 Å². The van der Waals surface area contributed by atoms with Crippen LogP contribution < -0.4 is 5.32 Å². The molecule has 11 heteroatoms. The second kappa shape index (κ2) is 44.4. The largest absolute Gasteiger partial charge is 0.454 e. The lowest BCUT2D eigenvalue weighted by atomic mass is 9.99. The number of amides is 1. The highest BCUT2D eigenvalue weighted by Gasteiger charge is 2.47. The maximum absolute atomic E-state index is 13.3. The molecule has 1 rings (SSSR count). The van der Waals surface area contributed by atoms with E-state index >= 15 is 0 Å². The molecule has 0 saturated carbocycles. The van der Waals surface area contributed by atoms with Gasteiger partial charge < -0.3 is 45.1 Å². The van der Waals surface area contributed by atoms with Crippen molar-refractivity contribution in [3.05, 3.63) is 24.3 Å². The highest BCUT2D eigenvalue weighted by molar-refractivity contribution is 5.80. The van der Waals surface area contributed by atoms with E-state index < -0.39 is 67.4 Å². The quantitative estimate of drug-likeness (QED) is 0.0196. The van der Waals surface area contributed by atoms with E-state index in [1.165, 1.54) is 141 Å². The van der Waals surface area contributed by atoms with Crippen LogP contribution in [0.5, 0.6) is 0 Å². The van der Waals surface area contributed by atoms with Gasteiger partial charge in [0.05, 0.1) is 25.4 Å². The molecule has 8 unspecified atom stereocenters. The summed E-state index contributed by atoms with van der Waals surface area (Å²) in [7, 11) is 0. The van der Waals surface area contributed by atoms with Gasteiger partial charge in [0.1, 0.15) is 24.4 Å². The number of carbonyl (C=O) groups excluding carboxylic acids is 2. The summed E-state index contributed by atoms with van der Waals surface area (Å²) in [5.74, 6) is -1.21. The number of allylic oxidation sites excluding steroid dienone is 3. The Morgan fingerprint density at radius 1 is 0.576 bits per heavy atom. The van der Waals surface area contributed by atoms with Gasteiger partial charge in [-0.25, -0.2) is 0 Å². The summed E-state index contributed by atoms with van der Waals surface area (Å²) in [4.78, 5) is 26.3. The Hall–Kier alpha value is -1.86. The fourth-order valence-electron chi connectivity index (χ4n) is 8.65. The Morgan fingerprint density at radius 3 is 1.47 bits per heavy atom. The van der Waals surface area contributed by atoms with E-state index in [1.807, 2.05) is 6.08 Å². The van der Waals surface area contributed by atoms with Crippen molar-refractivity contribution in [3.8, 4) is 0 Å². The van der Waals surface area contributed by atoms with Gasteiger partial charge in [-0.05, 0) is 51.4 Å². The van der Waals surface area contributed by atoms with Crippen LogP contribution in [-0.2, 0) is 23.8 Å². The van der Waals surface area contributed by atoms with Gasteiger partial charge in [-0.3, -0.25) is 9.59 Å². The molecule has 1 heterocycles. The summed E-state index contributed by atoms with van der Waals surface area (Å²) >= 11 is 0. The van der Waals surface area contributed by atoms with Gasteiger partial charge in [0.2, 0.25) is 5.91 Å². The number of hydrogen-bond acceptors (Lipinski definition) is 10. The van der Waals surface area contributed by atoms with E-state index in [-0.39, 0.29) is 13.0 Å². The highest BCUT2D eigenvalue weighted by atomic mass is 16.7. The number of rotatable bonds is 46. The van der Waals surface area contributed by atoms with E-state index in [0.717, 1.165) is 64.2 Å². The van der Waals surface area contributed by atoms with Gasteiger partial charge in [-0.15, -0.1) is 0 Å². The molecular weight excluding hydrogens is 835 g/mol. The first kappa shape index (κ1) is 62.2. The summed E-state index contributed by atoms with van der Waals surface area (Å²) < 4.78 is 17.5. The van der Waals surface area contributed by atoms with Crippen LogP contribution in [0.4, 0.5) is 0 Å². The Kier molecular flexibility index (Phi) is 41.8. The number of ether oxygens (including phenoxy) is 3. The van der Waals surface area contributed by atoms with E-state index in [2.05, 4.69) is 38.2 Å². The second-order valence-electron chi connectivity index (χ2n) is 19.3. The standard InChI is InChI=1S/C55H103NO10/c1-4-7-10-13-16-19-22-25-28-31-34-37-40-43-50(60)66-53-52(62)51(61)49(44-57)65-55(53)64-45-46(47(58)41-38-35-32-29-26-23-20-17-14-11-8-5-2)56-54(63)48(59)42-39-36-33-30-27-24-21-18-15-12-9-6-3/h25,28,38,41,46-49,51-53,55,57-59,61-62H,4-24,26-27,29-37,39-40,42-45H2,1-3H3,(H,56,63)/b28-25-,41-38+. The van der Waals surface area contributed by atoms with Gasteiger partial charge >= 0.3 is 5.97 Å². The smallest absolute Gasteiger partial charge is 0.306 e. The van der Waals surface area contributed by atoms with Gasteiger partial charge in [-0.1, -0.05) is 218 Å². The van der Waals surface area contributed by atoms with Crippen molar-refractivity contribution in [1.82, 2.24) is 5.32 Å². The molecular formula is C55H103NO10. The molecule has 388 valence electrons. The number of nitrogens with one attached hydrogen (secondary N) is 1. The minimum Gasteiger partial charge on any atom is -0.454 e. The molecule has 1 saturated heterocycles. The molecule has 66 heavy (non-hydrogen) atoms. The zero-order valence-corrected chi connectivity index (χ0v) is 42.6. The topological polar surface area (TPSA) is 175 Å². The van der Waals surface area contributed by atoms with Crippen LogP contribution in [0.1, 0.15) is 252 Å². The van der Waals surface area contributed by atoms with Crippen LogP contribution in [0, 0.1) is 0 Å². The summed E-state index contributed by atoms with van der Waals surface area (Å²) in [5.41, 5.74) is 0. The summed E-state index contributed by atoms with van der Waals surface area (Å²) in [6.07, 6.45) is 38.0. The number of esters is 1. The van der Waals surface area contributed by atoms with Crippen LogP contribution in [0.2, 0.25) is 0 Å². The van der Waals surface area contributed by atoms with E-state index in [9.17, 15) is 35.1 Å². The molecule has 0 bridgehead atoms.